The minimum Gasteiger partial charge on any atom is -0.494 e. The van der Waals surface area contributed by atoms with E-state index in [-0.39, 0.29) is 17.2 Å². The second-order valence-electron chi connectivity index (χ2n) is 8.12. The predicted octanol–water partition coefficient (Wildman–Crippen LogP) is 4.92. The molecule has 0 saturated heterocycles. The Morgan fingerprint density at radius 1 is 1.00 bits per heavy atom. The van der Waals surface area contributed by atoms with Gasteiger partial charge in [0.25, 0.3) is 5.91 Å². The van der Waals surface area contributed by atoms with E-state index < -0.39 is 22.9 Å². The topological polar surface area (TPSA) is 139 Å². The number of ether oxygens (including phenoxy) is 4. The molecule has 1 N–H and O–H groups in total. The van der Waals surface area contributed by atoms with Gasteiger partial charge in [-0.05, 0) is 74.4 Å². The fourth-order valence-corrected chi connectivity index (χ4v) is 3.24. The summed E-state index contributed by atoms with van der Waals surface area (Å²) in [6.45, 7) is 6.16. The number of carbonyl (C=O) groups excluding carboxylic acids is 2. The highest BCUT2D eigenvalue weighted by Gasteiger charge is 2.20. The maximum absolute atomic E-state index is 12.6. The molecule has 0 aromatic heterocycles. The van der Waals surface area contributed by atoms with Crippen molar-refractivity contribution < 1.29 is 33.5 Å². The molecule has 3 aromatic carbocycles. The summed E-state index contributed by atoms with van der Waals surface area (Å²) in [7, 11) is 0. The Hall–Kier alpha value is -4.93. The first-order valence-corrected chi connectivity index (χ1v) is 12.3. The first-order valence-electron chi connectivity index (χ1n) is 12.3. The van der Waals surface area contributed by atoms with E-state index in [0.717, 1.165) is 6.42 Å². The Morgan fingerprint density at radius 2 is 1.74 bits per heavy atom. The van der Waals surface area contributed by atoms with Crippen LogP contribution in [0.1, 0.15) is 43.1 Å². The number of benzene rings is 3. The van der Waals surface area contributed by atoms with Crippen LogP contribution in [0.15, 0.2) is 71.8 Å². The molecule has 1 amide bonds. The second-order valence-corrected chi connectivity index (χ2v) is 8.12. The van der Waals surface area contributed by atoms with E-state index in [1.807, 2.05) is 6.92 Å². The Morgan fingerprint density at radius 3 is 2.44 bits per heavy atom. The van der Waals surface area contributed by atoms with Crippen molar-refractivity contribution in [1.29, 1.82) is 0 Å². The molecule has 0 aliphatic carbocycles. The van der Waals surface area contributed by atoms with Gasteiger partial charge in [0.15, 0.2) is 23.4 Å². The van der Waals surface area contributed by atoms with E-state index in [2.05, 4.69) is 10.5 Å². The molecule has 0 bridgehead atoms. The summed E-state index contributed by atoms with van der Waals surface area (Å²) < 4.78 is 22.1. The van der Waals surface area contributed by atoms with Crippen molar-refractivity contribution in [3.8, 4) is 23.0 Å². The largest absolute Gasteiger partial charge is 0.494 e. The monoisotopic (exact) mass is 535 g/mol. The quantitative estimate of drug-likeness (QED) is 0.107. The van der Waals surface area contributed by atoms with Crippen LogP contribution in [-0.4, -0.2) is 42.3 Å². The van der Waals surface area contributed by atoms with Crippen LogP contribution < -0.4 is 24.4 Å². The number of para-hydroxylation sites is 2. The van der Waals surface area contributed by atoms with Crippen molar-refractivity contribution in [2.45, 2.75) is 33.3 Å². The lowest BCUT2D eigenvalue weighted by atomic mass is 10.2. The third-order valence-electron chi connectivity index (χ3n) is 5.16. The maximum Gasteiger partial charge on any atom is 0.343 e. The van der Waals surface area contributed by atoms with E-state index in [1.54, 1.807) is 55.5 Å². The molecule has 11 heteroatoms. The van der Waals surface area contributed by atoms with E-state index in [4.69, 9.17) is 18.9 Å². The fraction of sp³-hybridized carbons (Fsp3) is 0.250. The molecular weight excluding hydrogens is 506 g/mol. The normalized spacial score (nSPS) is 11.5. The van der Waals surface area contributed by atoms with Gasteiger partial charge in [-0.3, -0.25) is 14.9 Å². The Bertz CT molecular complexity index is 1320. The number of esters is 1. The molecule has 39 heavy (non-hydrogen) atoms. The highest BCUT2D eigenvalue weighted by molar-refractivity contribution is 5.92. The van der Waals surface area contributed by atoms with Crippen molar-refractivity contribution in [3.63, 3.8) is 0 Å². The highest BCUT2D eigenvalue weighted by Crippen LogP contribution is 2.29. The van der Waals surface area contributed by atoms with E-state index in [1.165, 1.54) is 31.3 Å². The van der Waals surface area contributed by atoms with E-state index >= 15 is 0 Å². The van der Waals surface area contributed by atoms with Gasteiger partial charge in [-0.2, -0.15) is 5.10 Å². The van der Waals surface area contributed by atoms with E-state index in [0.29, 0.717) is 35.8 Å². The maximum atomic E-state index is 12.6. The molecule has 204 valence electrons. The molecule has 0 saturated carbocycles. The van der Waals surface area contributed by atoms with Crippen LogP contribution in [0.25, 0.3) is 0 Å². The number of rotatable bonds is 13. The molecular formula is C28H29N3O8. The number of nitrogens with one attached hydrogen (secondary N) is 1. The third-order valence-corrected chi connectivity index (χ3v) is 5.16. The smallest absolute Gasteiger partial charge is 0.343 e. The third kappa shape index (κ3) is 8.29. The van der Waals surface area contributed by atoms with Crippen molar-refractivity contribution in [2.24, 2.45) is 5.10 Å². The van der Waals surface area contributed by atoms with Crippen LogP contribution in [0, 0.1) is 10.1 Å². The zero-order chi connectivity index (χ0) is 28.2. The summed E-state index contributed by atoms with van der Waals surface area (Å²) in [5.74, 6) is 0.0196. The predicted molar refractivity (Wildman–Crippen MR) is 144 cm³/mol. The molecule has 0 heterocycles. The first-order chi connectivity index (χ1) is 18.8. The standard InChI is InChI=1S/C28H29N3O8/c1-4-16-37-22-13-11-21(12-14-22)28(33)39-25-15-10-20(17-26(25)36-5-2)18-29-30-27(32)19(3)38-24-9-7-6-8-23(24)31(34)35/h6-15,17-19H,4-5,16H2,1-3H3,(H,30,32)/b29-18-/t19-/m0/s1. The highest BCUT2D eigenvalue weighted by atomic mass is 16.6. The number of nitro benzene ring substituents is 1. The van der Waals surface area contributed by atoms with Crippen molar-refractivity contribution >= 4 is 23.8 Å². The molecule has 0 fully saturated rings. The number of amides is 1. The van der Waals surface area contributed by atoms with Crippen LogP contribution in [0.3, 0.4) is 0 Å². The van der Waals surface area contributed by atoms with E-state index in [9.17, 15) is 19.7 Å². The Kier molecular flexibility index (Phi) is 10.4. The lowest BCUT2D eigenvalue weighted by Gasteiger charge is -2.13. The van der Waals surface area contributed by atoms with Crippen LogP contribution in [0.5, 0.6) is 23.0 Å². The zero-order valence-corrected chi connectivity index (χ0v) is 21.8. The van der Waals surface area contributed by atoms with Gasteiger partial charge in [0.1, 0.15) is 5.75 Å². The Balaban J connectivity index is 1.62. The van der Waals surface area contributed by atoms with Crippen LogP contribution in [0.2, 0.25) is 0 Å². The van der Waals surface area contributed by atoms with Crippen LogP contribution in [0.4, 0.5) is 5.69 Å². The SMILES string of the molecule is CCCOc1ccc(C(=O)Oc2ccc(/C=N\NC(=O)[C@H](C)Oc3ccccc3[N+](=O)[O-])cc2OCC)cc1. The van der Waals surface area contributed by atoms with Crippen molar-refractivity contribution in [2.75, 3.05) is 13.2 Å². The second kappa shape index (κ2) is 14.1. The molecule has 11 nitrogen and oxygen atoms in total. The molecule has 0 spiro atoms. The van der Waals surface area contributed by atoms with Gasteiger partial charge in [-0.15, -0.1) is 0 Å². The summed E-state index contributed by atoms with van der Waals surface area (Å²) in [5.41, 5.74) is 3.00. The van der Waals surface area contributed by atoms with Gasteiger partial charge in [0.2, 0.25) is 0 Å². The van der Waals surface area contributed by atoms with Crippen molar-refractivity contribution in [3.05, 3.63) is 88.0 Å². The number of hydrogen-bond acceptors (Lipinski definition) is 9. The van der Waals surface area contributed by atoms with Gasteiger partial charge in [0, 0.05) is 6.07 Å². The number of hydrazone groups is 1. The lowest BCUT2D eigenvalue weighted by Crippen LogP contribution is -2.33. The number of hydrogen-bond donors (Lipinski definition) is 1. The van der Waals surface area contributed by atoms with Crippen LogP contribution >= 0.6 is 0 Å². The summed E-state index contributed by atoms with van der Waals surface area (Å²) >= 11 is 0. The molecule has 0 aliphatic rings. The molecule has 3 aromatic rings. The van der Waals surface area contributed by atoms with Gasteiger partial charge in [0.05, 0.1) is 29.9 Å². The minimum atomic E-state index is -1.05. The number of carbonyl (C=O) groups is 2. The first kappa shape index (κ1) is 28.6. The Labute approximate surface area is 225 Å². The minimum absolute atomic E-state index is 0.0265. The average Bonchev–Trinajstić information content (AvgIpc) is 2.93. The lowest BCUT2D eigenvalue weighted by molar-refractivity contribution is -0.386. The molecule has 3 rings (SSSR count). The van der Waals surface area contributed by atoms with Gasteiger partial charge < -0.3 is 18.9 Å². The fourth-order valence-electron chi connectivity index (χ4n) is 3.24. The van der Waals surface area contributed by atoms with Gasteiger partial charge >= 0.3 is 11.7 Å². The van der Waals surface area contributed by atoms with Crippen LogP contribution in [-0.2, 0) is 4.79 Å². The summed E-state index contributed by atoms with van der Waals surface area (Å²) in [6, 6.07) is 17.2. The molecule has 0 aliphatic heterocycles. The summed E-state index contributed by atoms with van der Waals surface area (Å²) in [5, 5.41) is 15.1. The van der Waals surface area contributed by atoms with Gasteiger partial charge in [-0.1, -0.05) is 19.1 Å². The average molecular weight is 536 g/mol. The number of nitrogens with zero attached hydrogens (tertiary/aromatic N) is 2. The zero-order valence-electron chi connectivity index (χ0n) is 21.8. The van der Waals surface area contributed by atoms with Crippen molar-refractivity contribution in [1.82, 2.24) is 5.43 Å². The molecule has 0 radical (unpaired) electrons. The molecule has 1 atom stereocenters. The summed E-state index contributed by atoms with van der Waals surface area (Å²) in [4.78, 5) is 35.5. The summed E-state index contributed by atoms with van der Waals surface area (Å²) in [6.07, 6.45) is 1.21. The molecule has 0 unspecified atom stereocenters. The number of nitro groups is 1. The van der Waals surface area contributed by atoms with Gasteiger partial charge in [-0.25, -0.2) is 10.2 Å².